The van der Waals surface area contributed by atoms with Crippen LogP contribution in [-0.2, 0) is 0 Å². The lowest BCUT2D eigenvalue weighted by molar-refractivity contribution is 0.0955. The number of nitrogens with zero attached hydrogens (tertiary/aromatic N) is 3. The summed E-state index contributed by atoms with van der Waals surface area (Å²) in [6.45, 7) is 4.40. The summed E-state index contributed by atoms with van der Waals surface area (Å²) in [6.07, 6.45) is 3.47. The van der Waals surface area contributed by atoms with Crippen LogP contribution in [0.1, 0.15) is 22.8 Å². The van der Waals surface area contributed by atoms with Crippen LogP contribution >= 0.6 is 0 Å². The van der Waals surface area contributed by atoms with Crippen molar-refractivity contribution in [1.82, 2.24) is 20.3 Å². The van der Waals surface area contributed by atoms with E-state index in [9.17, 15) is 4.79 Å². The van der Waals surface area contributed by atoms with E-state index in [2.05, 4.69) is 30.9 Å². The molecule has 0 aliphatic rings. The van der Waals surface area contributed by atoms with Gasteiger partial charge in [0.1, 0.15) is 5.82 Å². The number of hydrogen-bond acceptors (Lipinski definition) is 6. The lowest BCUT2D eigenvalue weighted by Gasteiger charge is -2.10. The number of amides is 1. The van der Waals surface area contributed by atoms with Gasteiger partial charge in [-0.3, -0.25) is 4.79 Å². The molecule has 0 saturated heterocycles. The van der Waals surface area contributed by atoms with Crippen LogP contribution in [0.15, 0.2) is 48.8 Å². The molecule has 0 radical (unpaired) electrons. The molecule has 0 fully saturated rings. The molecular weight excluding hydrogens is 340 g/mol. The van der Waals surface area contributed by atoms with Crippen LogP contribution in [0, 0.1) is 6.92 Å². The number of pyridine rings is 1. The van der Waals surface area contributed by atoms with Gasteiger partial charge in [0.2, 0.25) is 5.95 Å². The fraction of sp³-hybridized carbons (Fsp3) is 0.200. The second-order valence-corrected chi connectivity index (χ2v) is 5.96. The molecule has 0 spiro atoms. The number of carbonyl (C=O) groups is 1. The number of benzene rings is 1. The minimum absolute atomic E-state index is 0.0719. The smallest absolute Gasteiger partial charge is 0.251 e. The normalized spacial score (nSPS) is 10.3. The van der Waals surface area contributed by atoms with Gasteiger partial charge in [0.15, 0.2) is 0 Å². The van der Waals surface area contributed by atoms with Gasteiger partial charge in [0, 0.05) is 42.8 Å². The Hall–Kier alpha value is -3.48. The van der Waals surface area contributed by atoms with Crippen molar-refractivity contribution in [3.8, 4) is 11.3 Å². The quantitative estimate of drug-likeness (QED) is 0.623. The number of hydrogen-bond donors (Lipinski definition) is 3. The molecule has 3 N–H and O–H groups in total. The molecule has 2 aromatic heterocycles. The Labute approximate surface area is 158 Å². The average Bonchev–Trinajstić information content (AvgIpc) is 2.68. The molecule has 0 bridgehead atoms. The number of anilines is 3. The maximum absolute atomic E-state index is 12.0. The zero-order valence-electron chi connectivity index (χ0n) is 15.6. The van der Waals surface area contributed by atoms with Gasteiger partial charge in [-0.05, 0) is 55.8 Å². The molecule has 0 aliphatic heterocycles. The standard InChI is InChI=1S/C20H22N6O/c1-4-22-19(27)16-7-6-15(11-13(16)2)25-20-23-10-9-17(26-20)14-5-8-18(21-3)24-12-14/h5-12H,4H2,1-3H3,(H,21,24)(H,22,27)(H,23,25,26). The van der Waals surface area contributed by atoms with Gasteiger partial charge in [0.25, 0.3) is 5.91 Å². The van der Waals surface area contributed by atoms with Gasteiger partial charge in [-0.25, -0.2) is 15.0 Å². The van der Waals surface area contributed by atoms with Crippen LogP contribution in [0.2, 0.25) is 0 Å². The molecule has 3 aromatic rings. The van der Waals surface area contributed by atoms with Gasteiger partial charge >= 0.3 is 0 Å². The Kier molecular flexibility index (Phi) is 5.61. The maximum atomic E-state index is 12.0. The molecule has 0 saturated carbocycles. The maximum Gasteiger partial charge on any atom is 0.251 e. The predicted molar refractivity (Wildman–Crippen MR) is 107 cm³/mol. The monoisotopic (exact) mass is 362 g/mol. The van der Waals surface area contributed by atoms with Crippen molar-refractivity contribution in [1.29, 1.82) is 0 Å². The van der Waals surface area contributed by atoms with E-state index in [-0.39, 0.29) is 5.91 Å². The first-order chi connectivity index (χ1) is 13.1. The van der Waals surface area contributed by atoms with Crippen molar-refractivity contribution in [2.75, 3.05) is 24.2 Å². The molecule has 27 heavy (non-hydrogen) atoms. The molecule has 0 unspecified atom stereocenters. The zero-order valence-corrected chi connectivity index (χ0v) is 15.6. The predicted octanol–water partition coefficient (Wildman–Crippen LogP) is 3.38. The Balaban J connectivity index is 1.79. The van der Waals surface area contributed by atoms with Crippen molar-refractivity contribution in [2.45, 2.75) is 13.8 Å². The van der Waals surface area contributed by atoms with Crippen LogP contribution in [0.3, 0.4) is 0 Å². The van der Waals surface area contributed by atoms with Crippen LogP contribution in [0.5, 0.6) is 0 Å². The van der Waals surface area contributed by atoms with Crippen molar-refractivity contribution in [3.63, 3.8) is 0 Å². The van der Waals surface area contributed by atoms with E-state index in [1.54, 1.807) is 18.5 Å². The fourth-order valence-corrected chi connectivity index (χ4v) is 2.65. The topological polar surface area (TPSA) is 91.8 Å². The van der Waals surface area contributed by atoms with Crippen molar-refractivity contribution >= 4 is 23.4 Å². The Morgan fingerprint density at radius 3 is 2.63 bits per heavy atom. The summed E-state index contributed by atoms with van der Waals surface area (Å²) < 4.78 is 0. The van der Waals surface area contributed by atoms with Crippen LogP contribution < -0.4 is 16.0 Å². The largest absolute Gasteiger partial charge is 0.373 e. The Bertz CT molecular complexity index is 939. The number of rotatable bonds is 6. The summed E-state index contributed by atoms with van der Waals surface area (Å²) in [5, 5.41) is 8.99. The average molecular weight is 362 g/mol. The van der Waals surface area contributed by atoms with Crippen LogP contribution in [0.25, 0.3) is 11.3 Å². The molecule has 1 aromatic carbocycles. The summed E-state index contributed by atoms with van der Waals surface area (Å²) in [5.41, 5.74) is 4.05. The zero-order chi connectivity index (χ0) is 19.2. The summed E-state index contributed by atoms with van der Waals surface area (Å²) in [4.78, 5) is 25.2. The lowest BCUT2D eigenvalue weighted by Crippen LogP contribution is -2.23. The molecule has 138 valence electrons. The van der Waals surface area contributed by atoms with E-state index < -0.39 is 0 Å². The molecule has 0 aliphatic carbocycles. The molecular formula is C20H22N6O. The molecule has 0 atom stereocenters. The third-order valence-electron chi connectivity index (χ3n) is 4.04. The second-order valence-electron chi connectivity index (χ2n) is 5.96. The molecule has 3 rings (SSSR count). The van der Waals surface area contributed by atoms with E-state index in [4.69, 9.17) is 0 Å². The number of aromatic nitrogens is 3. The molecule has 7 nitrogen and oxygen atoms in total. The van der Waals surface area contributed by atoms with Crippen LogP contribution in [0.4, 0.5) is 17.5 Å². The van der Waals surface area contributed by atoms with Crippen molar-refractivity contribution in [2.24, 2.45) is 0 Å². The Morgan fingerprint density at radius 1 is 1.11 bits per heavy atom. The molecule has 2 heterocycles. The summed E-state index contributed by atoms with van der Waals surface area (Å²) >= 11 is 0. The fourth-order valence-electron chi connectivity index (χ4n) is 2.65. The van der Waals surface area contributed by atoms with Gasteiger partial charge < -0.3 is 16.0 Å². The summed E-state index contributed by atoms with van der Waals surface area (Å²) in [5.74, 6) is 1.21. The van der Waals surface area contributed by atoms with Gasteiger partial charge in [-0.2, -0.15) is 0 Å². The highest BCUT2D eigenvalue weighted by molar-refractivity contribution is 5.96. The summed E-state index contributed by atoms with van der Waals surface area (Å²) in [6, 6.07) is 11.2. The highest BCUT2D eigenvalue weighted by atomic mass is 16.1. The van der Waals surface area contributed by atoms with E-state index in [1.165, 1.54) is 0 Å². The van der Waals surface area contributed by atoms with Crippen molar-refractivity contribution in [3.05, 3.63) is 59.9 Å². The van der Waals surface area contributed by atoms with E-state index >= 15 is 0 Å². The number of nitrogens with one attached hydrogen (secondary N) is 3. The first kappa shape index (κ1) is 18.3. The first-order valence-corrected chi connectivity index (χ1v) is 8.74. The summed E-state index contributed by atoms with van der Waals surface area (Å²) in [7, 11) is 1.83. The minimum atomic E-state index is -0.0719. The van der Waals surface area contributed by atoms with Crippen molar-refractivity contribution < 1.29 is 4.79 Å². The molecule has 7 heteroatoms. The van der Waals surface area contributed by atoms with Gasteiger partial charge in [-0.1, -0.05) is 0 Å². The van der Waals surface area contributed by atoms with Gasteiger partial charge in [0.05, 0.1) is 5.69 Å². The Morgan fingerprint density at radius 2 is 1.96 bits per heavy atom. The van der Waals surface area contributed by atoms with Gasteiger partial charge in [-0.15, -0.1) is 0 Å². The molecule has 1 amide bonds. The number of carbonyl (C=O) groups excluding carboxylic acids is 1. The van der Waals surface area contributed by atoms with Crippen LogP contribution in [-0.4, -0.2) is 34.5 Å². The minimum Gasteiger partial charge on any atom is -0.373 e. The SMILES string of the molecule is CCNC(=O)c1ccc(Nc2nccc(-c3ccc(NC)nc3)n2)cc1C. The second kappa shape index (κ2) is 8.27. The third kappa shape index (κ3) is 4.38. The van der Waals surface area contributed by atoms with E-state index in [1.807, 2.05) is 51.2 Å². The highest BCUT2D eigenvalue weighted by Gasteiger charge is 2.09. The highest BCUT2D eigenvalue weighted by Crippen LogP contribution is 2.21. The number of aryl methyl sites for hydroxylation is 1. The first-order valence-electron chi connectivity index (χ1n) is 8.74. The van der Waals surface area contributed by atoms with E-state index in [0.29, 0.717) is 18.1 Å². The third-order valence-corrected chi connectivity index (χ3v) is 4.04. The lowest BCUT2D eigenvalue weighted by atomic mass is 10.1. The van der Waals surface area contributed by atoms with E-state index in [0.717, 1.165) is 28.3 Å².